The number of carbonyl (C=O) groups is 2. The van der Waals surface area contributed by atoms with Gasteiger partial charge in [-0.1, -0.05) is 0 Å². The minimum atomic E-state index is -1.15. The van der Waals surface area contributed by atoms with Crippen LogP contribution >= 0.6 is 0 Å². The molecule has 1 aromatic carbocycles. The molecule has 5 rings (SSSR count). The third-order valence-electron chi connectivity index (χ3n) is 8.15. The van der Waals surface area contributed by atoms with Gasteiger partial charge in [0.15, 0.2) is 0 Å². The van der Waals surface area contributed by atoms with Crippen molar-refractivity contribution in [2.45, 2.75) is 53.1 Å². The number of ether oxygens (including phenoxy) is 1. The summed E-state index contributed by atoms with van der Waals surface area (Å²) in [6.45, 7) is 9.36. The molecule has 0 bridgehead atoms. The first-order valence-electron chi connectivity index (χ1n) is 14.7. The van der Waals surface area contributed by atoms with E-state index < -0.39 is 5.41 Å². The molecule has 0 aliphatic carbocycles. The van der Waals surface area contributed by atoms with Crippen LogP contribution in [0.1, 0.15) is 50.8 Å². The zero-order valence-corrected chi connectivity index (χ0v) is 25.4. The number of amides is 2. The van der Waals surface area contributed by atoms with Crippen molar-refractivity contribution in [2.75, 3.05) is 36.5 Å². The minimum absolute atomic E-state index is 0.0170. The SMILES string of the molecule is CCN1C(=O)C(C)(C)C(=O)N(C)c2cc(OCCCNC(CCn3cc(C)c4occc4c3=O)c3ccncc3)ccc21. The van der Waals surface area contributed by atoms with E-state index in [1.807, 2.05) is 50.4 Å². The quantitative estimate of drug-likeness (QED) is 0.198. The van der Waals surface area contributed by atoms with Crippen LogP contribution in [0.4, 0.5) is 11.4 Å². The Bertz CT molecular complexity index is 1680. The number of nitrogens with one attached hydrogen (secondary N) is 1. The Labute approximate surface area is 251 Å². The fourth-order valence-electron chi connectivity index (χ4n) is 5.71. The number of hydrogen-bond acceptors (Lipinski definition) is 7. The van der Waals surface area contributed by atoms with Gasteiger partial charge in [0.1, 0.15) is 16.7 Å². The molecule has 1 aliphatic rings. The molecular formula is C33H39N5O5. The van der Waals surface area contributed by atoms with Gasteiger partial charge < -0.3 is 28.8 Å². The molecule has 4 aromatic rings. The lowest BCUT2D eigenvalue weighted by molar-refractivity contribution is -0.137. The number of nitrogens with zero attached hydrogens (tertiary/aromatic N) is 4. The van der Waals surface area contributed by atoms with Crippen LogP contribution in [0.5, 0.6) is 5.75 Å². The van der Waals surface area contributed by atoms with Crippen molar-refractivity contribution < 1.29 is 18.7 Å². The lowest BCUT2D eigenvalue weighted by atomic mass is 9.90. The highest BCUT2D eigenvalue weighted by atomic mass is 16.5. The van der Waals surface area contributed by atoms with Gasteiger partial charge in [-0.3, -0.25) is 19.4 Å². The van der Waals surface area contributed by atoms with E-state index in [2.05, 4.69) is 10.3 Å². The molecule has 1 unspecified atom stereocenters. The molecule has 43 heavy (non-hydrogen) atoms. The van der Waals surface area contributed by atoms with E-state index in [-0.39, 0.29) is 23.4 Å². The molecule has 226 valence electrons. The summed E-state index contributed by atoms with van der Waals surface area (Å²) in [5.41, 5.74) is 2.80. The Morgan fingerprint density at radius 2 is 1.81 bits per heavy atom. The van der Waals surface area contributed by atoms with Crippen molar-refractivity contribution in [3.05, 3.63) is 82.7 Å². The van der Waals surface area contributed by atoms with Gasteiger partial charge in [-0.05, 0) is 83.0 Å². The zero-order valence-electron chi connectivity index (χ0n) is 25.4. The average molecular weight is 586 g/mol. The number of hydrogen-bond donors (Lipinski definition) is 1. The van der Waals surface area contributed by atoms with E-state index in [0.29, 0.717) is 60.8 Å². The van der Waals surface area contributed by atoms with Gasteiger partial charge in [-0.15, -0.1) is 0 Å². The summed E-state index contributed by atoms with van der Waals surface area (Å²) in [6, 6.07) is 11.2. The molecular weight excluding hydrogens is 546 g/mol. The smallest absolute Gasteiger partial charge is 0.261 e. The summed E-state index contributed by atoms with van der Waals surface area (Å²) in [7, 11) is 1.70. The van der Waals surface area contributed by atoms with Gasteiger partial charge >= 0.3 is 0 Å². The summed E-state index contributed by atoms with van der Waals surface area (Å²) < 4.78 is 13.3. The standard InChI is InChI=1S/C33H39N5O5/c1-6-38-27-9-8-24(20-28(27)36(5)31(40)33(3,4)32(38)41)42-18-7-14-35-26(23-10-15-34-16-11-23)12-17-37-21-22(2)29-25(30(37)39)13-19-43-29/h8-11,13,15-16,19-21,26,35H,6-7,12,14,17-18H2,1-5H3. The predicted octanol–water partition coefficient (Wildman–Crippen LogP) is 4.84. The van der Waals surface area contributed by atoms with Crippen LogP contribution in [-0.4, -0.2) is 48.1 Å². The number of pyridine rings is 2. The van der Waals surface area contributed by atoms with Crippen LogP contribution in [-0.2, 0) is 16.1 Å². The summed E-state index contributed by atoms with van der Waals surface area (Å²) in [4.78, 5) is 46.6. The first kappa shape index (κ1) is 30.0. The molecule has 3 aromatic heterocycles. The number of aromatic nitrogens is 2. The first-order chi connectivity index (χ1) is 20.6. The second-order valence-corrected chi connectivity index (χ2v) is 11.4. The van der Waals surface area contributed by atoms with E-state index in [9.17, 15) is 14.4 Å². The molecule has 1 aliphatic heterocycles. The number of rotatable bonds is 11. The second-order valence-electron chi connectivity index (χ2n) is 11.4. The molecule has 0 fully saturated rings. The molecule has 0 saturated heterocycles. The first-order valence-corrected chi connectivity index (χ1v) is 14.7. The van der Waals surface area contributed by atoms with Gasteiger partial charge in [0.2, 0.25) is 11.8 Å². The predicted molar refractivity (Wildman–Crippen MR) is 167 cm³/mol. The molecule has 0 saturated carbocycles. The fourth-order valence-corrected chi connectivity index (χ4v) is 5.71. The third kappa shape index (κ3) is 5.92. The number of aryl methyl sites for hydroxylation is 2. The summed E-state index contributed by atoms with van der Waals surface area (Å²) >= 11 is 0. The number of furan rings is 1. The number of anilines is 2. The zero-order chi connectivity index (χ0) is 30.7. The fraction of sp³-hybridized carbons (Fsp3) is 0.394. The molecule has 2 amide bonds. The lowest BCUT2D eigenvalue weighted by Crippen LogP contribution is -2.47. The topological polar surface area (TPSA) is 110 Å². The number of benzene rings is 1. The van der Waals surface area contributed by atoms with Gasteiger partial charge in [0.05, 0.1) is 29.6 Å². The Morgan fingerprint density at radius 1 is 1.05 bits per heavy atom. The molecule has 1 atom stereocenters. The van der Waals surface area contributed by atoms with Crippen molar-refractivity contribution in [3.8, 4) is 5.75 Å². The van der Waals surface area contributed by atoms with E-state index in [1.54, 1.807) is 60.0 Å². The highest BCUT2D eigenvalue weighted by Crippen LogP contribution is 2.40. The van der Waals surface area contributed by atoms with Crippen LogP contribution in [0.3, 0.4) is 0 Å². The van der Waals surface area contributed by atoms with E-state index in [4.69, 9.17) is 9.15 Å². The number of carbonyl (C=O) groups excluding carboxylic acids is 2. The Balaban J connectivity index is 1.22. The van der Waals surface area contributed by atoms with Crippen molar-refractivity contribution in [2.24, 2.45) is 5.41 Å². The third-order valence-corrected chi connectivity index (χ3v) is 8.15. The van der Waals surface area contributed by atoms with Crippen molar-refractivity contribution >= 4 is 34.2 Å². The highest BCUT2D eigenvalue weighted by Gasteiger charge is 2.45. The Hall–Kier alpha value is -4.44. The minimum Gasteiger partial charge on any atom is -0.493 e. The number of fused-ring (bicyclic) bond motifs is 2. The van der Waals surface area contributed by atoms with E-state index in [0.717, 1.165) is 17.5 Å². The van der Waals surface area contributed by atoms with Gasteiger partial charge in [-0.25, -0.2) is 0 Å². The molecule has 10 heteroatoms. The molecule has 0 radical (unpaired) electrons. The maximum atomic E-state index is 13.1. The maximum absolute atomic E-state index is 13.1. The van der Waals surface area contributed by atoms with Crippen molar-refractivity contribution in [1.29, 1.82) is 0 Å². The monoisotopic (exact) mass is 585 g/mol. The van der Waals surface area contributed by atoms with Crippen LogP contribution in [0.2, 0.25) is 0 Å². The van der Waals surface area contributed by atoms with E-state index in [1.165, 1.54) is 0 Å². The maximum Gasteiger partial charge on any atom is 0.261 e. The normalized spacial score (nSPS) is 15.5. The summed E-state index contributed by atoms with van der Waals surface area (Å²) in [6.07, 6.45) is 8.40. The summed E-state index contributed by atoms with van der Waals surface area (Å²) in [5, 5.41) is 4.21. The second kappa shape index (κ2) is 12.4. The van der Waals surface area contributed by atoms with Gasteiger partial charge in [0.25, 0.3) is 5.56 Å². The molecule has 1 N–H and O–H groups in total. The van der Waals surface area contributed by atoms with Crippen molar-refractivity contribution in [3.63, 3.8) is 0 Å². The summed E-state index contributed by atoms with van der Waals surface area (Å²) in [5.74, 6) is 0.174. The molecule has 0 spiro atoms. The van der Waals surface area contributed by atoms with E-state index >= 15 is 0 Å². The Morgan fingerprint density at radius 3 is 2.56 bits per heavy atom. The van der Waals surface area contributed by atoms with Gasteiger partial charge in [-0.2, -0.15) is 0 Å². The molecule has 4 heterocycles. The van der Waals surface area contributed by atoms with Crippen LogP contribution in [0, 0.1) is 12.3 Å². The van der Waals surface area contributed by atoms with Crippen LogP contribution < -0.4 is 25.4 Å². The van der Waals surface area contributed by atoms with Crippen molar-refractivity contribution in [1.82, 2.24) is 14.9 Å². The van der Waals surface area contributed by atoms with Gasteiger partial charge in [0, 0.05) is 56.4 Å². The van der Waals surface area contributed by atoms with Crippen LogP contribution in [0.25, 0.3) is 11.0 Å². The molecule has 10 nitrogen and oxygen atoms in total. The highest BCUT2D eigenvalue weighted by molar-refractivity contribution is 6.20. The van der Waals surface area contributed by atoms with Crippen LogP contribution in [0.15, 0.2) is 70.5 Å². The Kier molecular flexibility index (Phi) is 8.68. The average Bonchev–Trinajstić information content (AvgIpc) is 3.51. The largest absolute Gasteiger partial charge is 0.493 e. The lowest BCUT2D eigenvalue weighted by Gasteiger charge is -2.27.